The first-order valence-electron chi connectivity index (χ1n) is 6.16. The van der Waals surface area contributed by atoms with Crippen LogP contribution in [-0.2, 0) is 11.3 Å². The van der Waals surface area contributed by atoms with E-state index in [0.717, 1.165) is 24.5 Å². The summed E-state index contributed by atoms with van der Waals surface area (Å²) in [4.78, 5) is 7.10. The molecule has 2 N–H and O–H groups in total. The Labute approximate surface area is 107 Å². The molecule has 1 heterocycles. The zero-order valence-corrected chi connectivity index (χ0v) is 10.7. The number of rotatable bonds is 4. The van der Waals surface area contributed by atoms with E-state index in [2.05, 4.69) is 15.8 Å². The number of anilines is 1. The number of benzene rings is 1. The van der Waals surface area contributed by atoms with Crippen LogP contribution in [0, 0.1) is 0 Å². The first-order chi connectivity index (χ1) is 8.31. The Bertz CT molecular complexity index is 364. The van der Waals surface area contributed by atoms with Crippen LogP contribution in [-0.4, -0.2) is 19.7 Å². The van der Waals surface area contributed by atoms with E-state index in [0.29, 0.717) is 6.61 Å². The molecule has 3 nitrogen and oxygen atoms in total. The van der Waals surface area contributed by atoms with Gasteiger partial charge >= 0.3 is 0 Å². The van der Waals surface area contributed by atoms with Crippen molar-refractivity contribution < 1.29 is 4.84 Å². The highest BCUT2D eigenvalue weighted by Gasteiger charge is 2.14. The van der Waals surface area contributed by atoms with Crippen LogP contribution in [0.5, 0.6) is 0 Å². The molecule has 0 aliphatic carbocycles. The van der Waals surface area contributed by atoms with Crippen LogP contribution in [0.4, 0.5) is 5.69 Å². The van der Waals surface area contributed by atoms with E-state index >= 15 is 0 Å². The van der Waals surface area contributed by atoms with Gasteiger partial charge in [0.05, 0.1) is 6.61 Å². The molecule has 17 heavy (non-hydrogen) atoms. The Morgan fingerprint density at radius 3 is 2.71 bits per heavy atom. The number of hydrogen-bond acceptors (Lipinski definition) is 3. The fourth-order valence-corrected chi connectivity index (χ4v) is 2.56. The van der Waals surface area contributed by atoms with Crippen molar-refractivity contribution in [1.82, 2.24) is 0 Å². The molecule has 0 aromatic heterocycles. The molecule has 0 atom stereocenters. The summed E-state index contributed by atoms with van der Waals surface area (Å²) in [5.41, 5.74) is 2.51. The van der Waals surface area contributed by atoms with E-state index in [4.69, 9.17) is 17.5 Å². The smallest absolute Gasteiger partial charge is 0.0720 e. The second-order valence-electron chi connectivity index (χ2n) is 4.44. The maximum atomic E-state index is 6.04. The van der Waals surface area contributed by atoms with Crippen LogP contribution in [0.2, 0.25) is 5.02 Å². The zero-order valence-electron chi connectivity index (χ0n) is 9.99. The lowest BCUT2D eigenvalue weighted by atomic mass is 10.1. The molecular weight excluding hydrogens is 236 g/mol. The van der Waals surface area contributed by atoms with Crippen molar-refractivity contribution in [3.05, 3.63) is 28.8 Å². The minimum absolute atomic E-state index is 0.529. The number of nitrogens with two attached hydrogens (primary N) is 1. The number of halogens is 1. The molecule has 0 amide bonds. The molecule has 94 valence electrons. The average molecular weight is 255 g/mol. The Hall–Kier alpha value is -0.770. The fraction of sp³-hybridized carbons (Fsp3) is 0.538. The van der Waals surface area contributed by atoms with E-state index in [1.54, 1.807) is 0 Å². The minimum atomic E-state index is 0.529. The first-order valence-corrected chi connectivity index (χ1v) is 6.54. The topological polar surface area (TPSA) is 38.5 Å². The monoisotopic (exact) mass is 254 g/mol. The molecule has 0 spiro atoms. The molecule has 4 heteroatoms. The van der Waals surface area contributed by atoms with Gasteiger partial charge in [-0.1, -0.05) is 11.6 Å². The Balaban J connectivity index is 2.18. The van der Waals surface area contributed by atoms with E-state index in [1.807, 2.05) is 12.1 Å². The van der Waals surface area contributed by atoms with Crippen LogP contribution in [0.15, 0.2) is 18.2 Å². The van der Waals surface area contributed by atoms with Gasteiger partial charge in [-0.3, -0.25) is 0 Å². The maximum Gasteiger partial charge on any atom is 0.0720 e. The molecule has 1 aliphatic heterocycles. The SMILES string of the molecule is NOCCc1cc(Cl)ccc1N1CCCCC1. The van der Waals surface area contributed by atoms with E-state index in [1.165, 1.54) is 30.5 Å². The zero-order chi connectivity index (χ0) is 12.1. The first kappa shape index (κ1) is 12.7. The molecule has 1 fully saturated rings. The summed E-state index contributed by atoms with van der Waals surface area (Å²) >= 11 is 6.04. The Morgan fingerprint density at radius 1 is 1.24 bits per heavy atom. The lowest BCUT2D eigenvalue weighted by Crippen LogP contribution is -2.30. The van der Waals surface area contributed by atoms with Crippen LogP contribution < -0.4 is 10.8 Å². The van der Waals surface area contributed by atoms with Crippen LogP contribution in [0.1, 0.15) is 24.8 Å². The molecule has 0 unspecified atom stereocenters. The highest BCUT2D eigenvalue weighted by atomic mass is 35.5. The molecule has 1 saturated heterocycles. The van der Waals surface area contributed by atoms with E-state index in [-0.39, 0.29) is 0 Å². The molecule has 1 aliphatic rings. The molecule has 2 rings (SSSR count). The van der Waals surface area contributed by atoms with Gasteiger partial charge in [-0.15, -0.1) is 0 Å². The summed E-state index contributed by atoms with van der Waals surface area (Å²) < 4.78 is 0. The maximum absolute atomic E-state index is 6.04. The predicted octanol–water partition coefficient (Wildman–Crippen LogP) is 2.76. The molecule has 0 bridgehead atoms. The van der Waals surface area contributed by atoms with Gasteiger partial charge in [0, 0.05) is 23.8 Å². The second kappa shape index (κ2) is 6.24. The van der Waals surface area contributed by atoms with Gasteiger partial charge in [0.25, 0.3) is 0 Å². The minimum Gasteiger partial charge on any atom is -0.371 e. The van der Waals surface area contributed by atoms with Crippen LogP contribution in [0.3, 0.4) is 0 Å². The van der Waals surface area contributed by atoms with Crippen molar-refractivity contribution in [3.8, 4) is 0 Å². The second-order valence-corrected chi connectivity index (χ2v) is 4.88. The van der Waals surface area contributed by atoms with E-state index in [9.17, 15) is 0 Å². The van der Waals surface area contributed by atoms with Crippen molar-refractivity contribution in [2.75, 3.05) is 24.6 Å². The normalized spacial score (nSPS) is 16.2. The lowest BCUT2D eigenvalue weighted by molar-refractivity contribution is 0.141. The van der Waals surface area contributed by atoms with Crippen molar-refractivity contribution in [2.45, 2.75) is 25.7 Å². The number of hydrogen-bond donors (Lipinski definition) is 1. The van der Waals surface area contributed by atoms with Gasteiger partial charge in [-0.25, -0.2) is 5.90 Å². The molecule has 1 aromatic carbocycles. The van der Waals surface area contributed by atoms with Crippen molar-refractivity contribution in [2.24, 2.45) is 5.90 Å². The highest BCUT2D eigenvalue weighted by molar-refractivity contribution is 6.30. The summed E-state index contributed by atoms with van der Waals surface area (Å²) in [5, 5.41) is 0.776. The van der Waals surface area contributed by atoms with Crippen molar-refractivity contribution in [1.29, 1.82) is 0 Å². The average Bonchev–Trinajstić information content (AvgIpc) is 2.37. The Kier molecular flexibility index (Phi) is 4.66. The summed E-state index contributed by atoms with van der Waals surface area (Å²) in [6.07, 6.45) is 4.69. The Morgan fingerprint density at radius 2 is 2.00 bits per heavy atom. The summed E-state index contributed by atoms with van der Waals surface area (Å²) in [5.74, 6) is 5.10. The third-order valence-electron chi connectivity index (χ3n) is 3.23. The van der Waals surface area contributed by atoms with Gasteiger partial charge in [0.2, 0.25) is 0 Å². The van der Waals surface area contributed by atoms with Gasteiger partial charge < -0.3 is 9.74 Å². The van der Waals surface area contributed by atoms with Crippen molar-refractivity contribution in [3.63, 3.8) is 0 Å². The standard InChI is InChI=1S/C13H19ClN2O/c14-12-4-5-13(11(10-12)6-9-17-15)16-7-2-1-3-8-16/h4-5,10H,1-3,6-9,15H2. The summed E-state index contributed by atoms with van der Waals surface area (Å²) in [7, 11) is 0. The van der Waals surface area contributed by atoms with Gasteiger partial charge in [0.1, 0.15) is 0 Å². The largest absolute Gasteiger partial charge is 0.371 e. The third kappa shape index (κ3) is 3.35. The summed E-state index contributed by atoms with van der Waals surface area (Å²) in [6.45, 7) is 2.80. The number of piperidine rings is 1. The van der Waals surface area contributed by atoms with Gasteiger partial charge in [-0.2, -0.15) is 0 Å². The number of nitrogens with zero attached hydrogens (tertiary/aromatic N) is 1. The lowest BCUT2D eigenvalue weighted by Gasteiger charge is -2.30. The molecular formula is C13H19ClN2O. The van der Waals surface area contributed by atoms with Gasteiger partial charge in [-0.05, 0) is 49.4 Å². The predicted molar refractivity (Wildman–Crippen MR) is 71.4 cm³/mol. The van der Waals surface area contributed by atoms with E-state index < -0.39 is 0 Å². The molecule has 1 aromatic rings. The van der Waals surface area contributed by atoms with Crippen LogP contribution in [0.25, 0.3) is 0 Å². The van der Waals surface area contributed by atoms with Crippen LogP contribution >= 0.6 is 11.6 Å². The quantitative estimate of drug-likeness (QED) is 0.840. The van der Waals surface area contributed by atoms with Crippen molar-refractivity contribution >= 4 is 17.3 Å². The fourth-order valence-electron chi connectivity index (χ4n) is 2.37. The third-order valence-corrected chi connectivity index (χ3v) is 3.46. The summed E-state index contributed by atoms with van der Waals surface area (Å²) in [6, 6.07) is 6.09. The molecule has 0 radical (unpaired) electrons. The van der Waals surface area contributed by atoms with Gasteiger partial charge in [0.15, 0.2) is 0 Å². The highest BCUT2D eigenvalue weighted by Crippen LogP contribution is 2.27. The molecule has 0 saturated carbocycles.